The number of hydrogen-bond donors (Lipinski definition) is 1. The number of carbonyl (C=O) groups is 1. The Hall–Kier alpha value is -1.90. The molecule has 1 N–H and O–H groups in total. The van der Waals surface area contributed by atoms with E-state index in [9.17, 15) is 22.0 Å². The summed E-state index contributed by atoms with van der Waals surface area (Å²) in [5.41, 5.74) is -1.35. The van der Waals surface area contributed by atoms with Gasteiger partial charge in [0, 0.05) is 6.54 Å². The van der Waals surface area contributed by atoms with Gasteiger partial charge in [0.1, 0.15) is 22.3 Å². The molecule has 3 fully saturated rings. The van der Waals surface area contributed by atoms with Gasteiger partial charge in [-0.05, 0) is 30.9 Å². The fourth-order valence-electron chi connectivity index (χ4n) is 4.06. The zero-order valence-electron chi connectivity index (χ0n) is 13.3. The molecule has 1 atom stereocenters. The largest absolute Gasteiger partial charge is 0.486 e. The van der Waals surface area contributed by atoms with Crippen LogP contribution in [-0.4, -0.2) is 56.3 Å². The van der Waals surface area contributed by atoms with E-state index in [1.165, 1.54) is 11.0 Å². The van der Waals surface area contributed by atoms with Crippen LogP contribution in [0.5, 0.6) is 5.75 Å². The van der Waals surface area contributed by atoms with E-state index in [4.69, 9.17) is 4.74 Å². The first-order chi connectivity index (χ1) is 11.8. The summed E-state index contributed by atoms with van der Waals surface area (Å²) in [5.74, 6) is 0.130. The summed E-state index contributed by atoms with van der Waals surface area (Å²) in [6, 6.07) is 5.73. The first-order valence-corrected chi connectivity index (χ1v) is 9.79. The minimum atomic E-state index is -3.50. The van der Waals surface area contributed by atoms with E-state index in [1.54, 1.807) is 18.2 Å². The number of amides is 2. The van der Waals surface area contributed by atoms with Gasteiger partial charge in [-0.15, -0.1) is 0 Å². The summed E-state index contributed by atoms with van der Waals surface area (Å²) in [7, 11) is -3.50. The summed E-state index contributed by atoms with van der Waals surface area (Å²) in [6.45, 7) is 0.274. The second-order valence-electron chi connectivity index (χ2n) is 6.94. The fraction of sp³-hybridized carbons (Fsp3) is 0.562. The molecule has 1 aliphatic carbocycles. The van der Waals surface area contributed by atoms with Crippen molar-refractivity contribution in [3.05, 3.63) is 24.3 Å². The fourth-order valence-corrected chi connectivity index (χ4v) is 5.62. The van der Waals surface area contributed by atoms with Crippen molar-refractivity contribution >= 4 is 15.9 Å². The number of hydrogen-bond acceptors (Lipinski definition) is 4. The Kier molecular flexibility index (Phi) is 3.68. The van der Waals surface area contributed by atoms with Gasteiger partial charge in [-0.1, -0.05) is 12.1 Å². The molecule has 3 aliphatic heterocycles. The molecule has 0 aromatic heterocycles. The highest BCUT2D eigenvalue weighted by Gasteiger charge is 2.63. The number of benzene rings is 1. The third-order valence-corrected chi connectivity index (χ3v) is 7.10. The summed E-state index contributed by atoms with van der Waals surface area (Å²) < 4.78 is 56.8. The van der Waals surface area contributed by atoms with Gasteiger partial charge in [0.25, 0.3) is 6.43 Å². The maximum Gasteiger partial charge on any atom is 0.318 e. The van der Waals surface area contributed by atoms with Gasteiger partial charge in [0.2, 0.25) is 0 Å². The molecule has 9 heteroatoms. The van der Waals surface area contributed by atoms with Gasteiger partial charge in [-0.2, -0.15) is 0 Å². The van der Waals surface area contributed by atoms with E-state index in [2.05, 4.69) is 5.32 Å². The lowest BCUT2D eigenvalue weighted by molar-refractivity contribution is -0.0403. The molecule has 2 bridgehead atoms. The molecule has 25 heavy (non-hydrogen) atoms. The smallest absolute Gasteiger partial charge is 0.318 e. The van der Waals surface area contributed by atoms with Crippen LogP contribution in [-0.2, 0) is 9.84 Å². The van der Waals surface area contributed by atoms with Crippen molar-refractivity contribution in [3.8, 4) is 5.75 Å². The maximum absolute atomic E-state index is 13.3. The molecular weight excluding hydrogens is 354 g/mol. The van der Waals surface area contributed by atoms with Gasteiger partial charge >= 0.3 is 6.03 Å². The number of para-hydroxylation sites is 1. The van der Waals surface area contributed by atoms with Crippen LogP contribution in [0.2, 0.25) is 0 Å². The van der Waals surface area contributed by atoms with Crippen LogP contribution in [0.3, 0.4) is 0 Å². The van der Waals surface area contributed by atoms with Crippen molar-refractivity contribution in [2.24, 2.45) is 5.92 Å². The first kappa shape index (κ1) is 16.6. The van der Waals surface area contributed by atoms with Gasteiger partial charge in [-0.3, -0.25) is 0 Å². The number of carbonyl (C=O) groups excluding carboxylic acids is 1. The second-order valence-corrected chi connectivity index (χ2v) is 8.95. The van der Waals surface area contributed by atoms with E-state index in [1.807, 2.05) is 0 Å². The average molecular weight is 372 g/mol. The minimum absolute atomic E-state index is 0.0487. The Balaban J connectivity index is 1.42. The normalized spacial score (nSPS) is 31.9. The molecule has 1 aromatic rings. The number of urea groups is 1. The Morgan fingerprint density at radius 3 is 2.80 bits per heavy atom. The monoisotopic (exact) mass is 372 g/mol. The first-order valence-electron chi connectivity index (χ1n) is 8.14. The molecule has 0 radical (unpaired) electrons. The lowest BCUT2D eigenvalue weighted by Gasteiger charge is -2.41. The van der Waals surface area contributed by atoms with E-state index < -0.39 is 33.9 Å². The third kappa shape index (κ3) is 2.56. The Morgan fingerprint density at radius 1 is 1.36 bits per heavy atom. The number of nitrogens with one attached hydrogen (secondary N) is 1. The van der Waals surface area contributed by atoms with E-state index in [0.29, 0.717) is 19.4 Å². The predicted octanol–water partition coefficient (Wildman–Crippen LogP) is 1.66. The number of alkyl halides is 2. The standard InChI is InChI=1S/C16H18F2N2O4S/c17-14(18)16-5-10(6-16)8-20(16)15(21)19-7-11-9-25(22,23)13-4-2-1-3-12(13)24-11/h1-4,10-11,14H,5-9H2,(H,19,21). The zero-order valence-corrected chi connectivity index (χ0v) is 14.1. The van der Waals surface area contributed by atoms with Crippen LogP contribution in [0, 0.1) is 5.92 Å². The number of rotatable bonds is 3. The van der Waals surface area contributed by atoms with Gasteiger partial charge < -0.3 is 15.0 Å². The number of ether oxygens (including phenoxy) is 1. The number of nitrogens with zero attached hydrogens (tertiary/aromatic N) is 1. The van der Waals surface area contributed by atoms with Crippen molar-refractivity contribution in [1.82, 2.24) is 10.2 Å². The SMILES string of the molecule is O=C(NCC1CS(=O)(=O)c2ccccc2O1)N1CC2CC1(C(F)F)C2. The topological polar surface area (TPSA) is 75.7 Å². The molecule has 2 amide bonds. The molecule has 5 rings (SSSR count). The number of fused-ring (bicyclic) bond motifs is 2. The van der Waals surface area contributed by atoms with Crippen LogP contribution in [0.4, 0.5) is 13.6 Å². The zero-order chi connectivity index (χ0) is 17.8. The Bertz CT molecular complexity index is 808. The highest BCUT2D eigenvalue weighted by Crippen LogP contribution is 2.53. The van der Waals surface area contributed by atoms with Crippen molar-refractivity contribution < 1.29 is 26.7 Å². The molecular formula is C16H18F2N2O4S. The molecule has 6 nitrogen and oxygen atoms in total. The second kappa shape index (κ2) is 5.55. The van der Waals surface area contributed by atoms with Crippen LogP contribution in [0.1, 0.15) is 12.8 Å². The van der Waals surface area contributed by atoms with Crippen molar-refractivity contribution in [1.29, 1.82) is 0 Å². The number of sulfone groups is 1. The van der Waals surface area contributed by atoms with Crippen LogP contribution >= 0.6 is 0 Å². The van der Waals surface area contributed by atoms with E-state index >= 15 is 0 Å². The minimum Gasteiger partial charge on any atom is -0.486 e. The van der Waals surface area contributed by atoms with Gasteiger partial charge in [0.05, 0.1) is 12.3 Å². The molecule has 3 heterocycles. The van der Waals surface area contributed by atoms with Crippen LogP contribution in [0.15, 0.2) is 29.2 Å². The van der Waals surface area contributed by atoms with E-state index in [0.717, 1.165) is 0 Å². The van der Waals surface area contributed by atoms with Gasteiger partial charge in [-0.25, -0.2) is 22.0 Å². The number of halogens is 2. The predicted molar refractivity (Wildman–Crippen MR) is 84.5 cm³/mol. The molecule has 1 unspecified atom stereocenters. The Morgan fingerprint density at radius 2 is 2.08 bits per heavy atom. The highest BCUT2D eigenvalue weighted by atomic mass is 32.2. The molecule has 1 aromatic carbocycles. The summed E-state index contributed by atoms with van der Waals surface area (Å²) in [4.78, 5) is 13.7. The van der Waals surface area contributed by atoms with E-state index in [-0.39, 0.29) is 28.9 Å². The molecule has 0 spiro atoms. The summed E-state index contributed by atoms with van der Waals surface area (Å²) in [6.07, 6.45) is -2.65. The van der Waals surface area contributed by atoms with Crippen molar-refractivity contribution in [2.75, 3.05) is 18.8 Å². The summed E-state index contributed by atoms with van der Waals surface area (Å²) >= 11 is 0. The quantitative estimate of drug-likeness (QED) is 0.876. The third-order valence-electron chi connectivity index (χ3n) is 5.28. The molecule has 4 aliphatic rings. The van der Waals surface area contributed by atoms with Gasteiger partial charge in [0.15, 0.2) is 9.84 Å². The molecule has 2 saturated heterocycles. The van der Waals surface area contributed by atoms with Crippen LogP contribution in [0.25, 0.3) is 0 Å². The van der Waals surface area contributed by atoms with Crippen molar-refractivity contribution in [3.63, 3.8) is 0 Å². The summed E-state index contributed by atoms with van der Waals surface area (Å²) in [5, 5.41) is 2.56. The lowest BCUT2D eigenvalue weighted by atomic mass is 9.73. The maximum atomic E-state index is 13.3. The van der Waals surface area contributed by atoms with Crippen molar-refractivity contribution in [2.45, 2.75) is 35.8 Å². The molecule has 1 saturated carbocycles. The van der Waals surface area contributed by atoms with Crippen LogP contribution < -0.4 is 10.1 Å². The average Bonchev–Trinajstić information content (AvgIpc) is 3.08. The Labute approximate surface area is 144 Å². The highest BCUT2D eigenvalue weighted by molar-refractivity contribution is 7.91. The molecule has 136 valence electrons. The lowest BCUT2D eigenvalue weighted by Crippen LogP contribution is -2.57.